The molecule has 0 N–H and O–H groups in total. The average molecular weight is 928 g/mol. The minimum atomic E-state index is -2.88. The molecular formula is C63H41N5SSi. The second-order valence-corrected chi connectivity index (χ2v) is 22.8. The van der Waals surface area contributed by atoms with Crippen LogP contribution in [0.4, 0.5) is 0 Å². The van der Waals surface area contributed by atoms with Crippen molar-refractivity contribution >= 4 is 104 Å². The molecule has 14 aromatic rings. The van der Waals surface area contributed by atoms with Gasteiger partial charge in [0.1, 0.15) is 0 Å². The van der Waals surface area contributed by atoms with Gasteiger partial charge in [0.2, 0.25) is 5.95 Å². The van der Waals surface area contributed by atoms with Gasteiger partial charge in [-0.2, -0.15) is 9.97 Å². The van der Waals surface area contributed by atoms with E-state index >= 15 is 0 Å². The Hall–Kier alpha value is -8.75. The highest BCUT2D eigenvalue weighted by Crippen LogP contribution is 2.41. The van der Waals surface area contributed by atoms with E-state index in [1.807, 2.05) is 0 Å². The van der Waals surface area contributed by atoms with Crippen molar-refractivity contribution in [1.82, 2.24) is 24.1 Å². The van der Waals surface area contributed by atoms with Gasteiger partial charge in [-0.1, -0.05) is 200 Å². The number of hydrogen-bond acceptors (Lipinski definition) is 4. The summed E-state index contributed by atoms with van der Waals surface area (Å²) in [6.07, 6.45) is 0. The molecule has 0 amide bonds. The van der Waals surface area contributed by atoms with Crippen LogP contribution < -0.4 is 20.7 Å². The van der Waals surface area contributed by atoms with Crippen molar-refractivity contribution < 1.29 is 0 Å². The summed E-state index contributed by atoms with van der Waals surface area (Å²) in [5.74, 6) is 1.81. The van der Waals surface area contributed by atoms with Gasteiger partial charge >= 0.3 is 0 Å². The van der Waals surface area contributed by atoms with Crippen LogP contribution >= 0.6 is 11.3 Å². The number of thiophene rings is 1. The first-order valence-electron chi connectivity index (χ1n) is 23.7. The third-order valence-corrected chi connectivity index (χ3v) is 20.1. The SMILES string of the molecule is c1ccc([Si](c2ccccc2)(c2ccccc2)c2cccc(-c3nc(-c4cccc5c4sc4ccccc45)nc(-n4c5ccccc5c5cc(-n6c7ccccc7c7ccccc76)ccc54)n3)c2)cc1. The third kappa shape index (κ3) is 6.19. The molecular weight excluding hydrogens is 887 g/mol. The highest BCUT2D eigenvalue weighted by atomic mass is 32.1. The molecule has 4 aromatic heterocycles. The first-order valence-corrected chi connectivity index (χ1v) is 26.5. The van der Waals surface area contributed by atoms with Gasteiger partial charge in [0.05, 0.1) is 22.1 Å². The summed E-state index contributed by atoms with van der Waals surface area (Å²) in [6.45, 7) is 0. The molecule has 0 saturated carbocycles. The van der Waals surface area contributed by atoms with Crippen LogP contribution in [0.15, 0.2) is 249 Å². The molecule has 0 aliphatic heterocycles. The summed E-state index contributed by atoms with van der Waals surface area (Å²) in [5.41, 5.74) is 7.41. The van der Waals surface area contributed by atoms with Crippen molar-refractivity contribution in [1.29, 1.82) is 0 Å². The lowest BCUT2D eigenvalue weighted by Gasteiger charge is -2.34. The summed E-state index contributed by atoms with van der Waals surface area (Å²) in [4.78, 5) is 16.6. The Morgan fingerprint density at radius 2 is 0.814 bits per heavy atom. The quantitative estimate of drug-likeness (QED) is 0.113. The van der Waals surface area contributed by atoms with Gasteiger partial charge in [-0.25, -0.2) is 4.98 Å². The minimum absolute atomic E-state index is 0.567. The highest BCUT2D eigenvalue weighted by Gasteiger charge is 2.41. The molecule has 0 radical (unpaired) electrons. The third-order valence-electron chi connectivity index (χ3n) is 14.1. The number of rotatable bonds is 8. The van der Waals surface area contributed by atoms with Gasteiger partial charge < -0.3 is 4.57 Å². The smallest absolute Gasteiger partial charge is 0.238 e. The molecule has 0 spiro atoms. The van der Waals surface area contributed by atoms with Gasteiger partial charge in [0.25, 0.3) is 0 Å². The second kappa shape index (κ2) is 16.2. The standard InChI is InChI=1S/C63H41N5SSi/c1-4-21-44(22-5-1)70(45-23-6-2-7-24-45,46-25-8-3-9-26-46)47-27-18-20-42(40-47)61-64-62(53-33-19-32-52-51-31-13-17-37-59(51)69-60(52)53)66-63(65-61)68-57-36-16-12-30-50(57)54-41-43(38-39-58(54)68)67-55-34-14-10-28-48(55)49-29-11-15-35-56(49)67/h1-41H. The maximum absolute atomic E-state index is 5.54. The molecule has 70 heavy (non-hydrogen) atoms. The van der Waals surface area contributed by atoms with E-state index in [9.17, 15) is 0 Å². The average Bonchev–Trinajstić information content (AvgIpc) is 4.10. The molecule has 10 aromatic carbocycles. The van der Waals surface area contributed by atoms with Crippen LogP contribution in [-0.2, 0) is 0 Å². The van der Waals surface area contributed by atoms with Crippen molar-refractivity contribution in [2.45, 2.75) is 0 Å². The van der Waals surface area contributed by atoms with Gasteiger partial charge in [0.15, 0.2) is 19.7 Å². The summed E-state index contributed by atoms with van der Waals surface area (Å²) in [6, 6.07) is 90.2. The summed E-state index contributed by atoms with van der Waals surface area (Å²) in [5, 5.41) is 12.3. The van der Waals surface area contributed by atoms with Crippen LogP contribution in [0.3, 0.4) is 0 Å². The number of para-hydroxylation sites is 3. The van der Waals surface area contributed by atoms with Crippen LogP contribution in [0.2, 0.25) is 0 Å². The molecule has 0 unspecified atom stereocenters. The Kier molecular flexibility index (Phi) is 9.33. The number of fused-ring (bicyclic) bond motifs is 9. The van der Waals surface area contributed by atoms with Crippen LogP contribution in [0.1, 0.15) is 0 Å². The molecule has 0 fully saturated rings. The predicted octanol–water partition coefficient (Wildman–Crippen LogP) is 13.1. The topological polar surface area (TPSA) is 48.5 Å². The molecule has 0 aliphatic rings. The number of aromatic nitrogens is 5. The molecule has 5 nitrogen and oxygen atoms in total. The fourth-order valence-corrected chi connectivity index (χ4v) is 17.1. The number of benzene rings is 10. The van der Waals surface area contributed by atoms with Gasteiger partial charge in [-0.15, -0.1) is 11.3 Å². The molecule has 4 heterocycles. The first kappa shape index (κ1) is 40.3. The molecule has 0 aliphatic carbocycles. The van der Waals surface area contributed by atoms with Crippen LogP contribution in [0, 0.1) is 0 Å². The fraction of sp³-hybridized carbons (Fsp3) is 0. The monoisotopic (exact) mass is 927 g/mol. The Balaban J connectivity index is 1.03. The summed E-state index contributed by atoms with van der Waals surface area (Å²) < 4.78 is 7.01. The van der Waals surface area contributed by atoms with E-state index in [1.165, 1.54) is 58.0 Å². The summed E-state index contributed by atoms with van der Waals surface area (Å²) in [7, 11) is -2.88. The summed E-state index contributed by atoms with van der Waals surface area (Å²) >= 11 is 1.79. The Morgan fingerprint density at radius 3 is 1.46 bits per heavy atom. The van der Waals surface area contributed by atoms with Crippen molar-refractivity contribution in [3.63, 3.8) is 0 Å². The number of hydrogen-bond donors (Lipinski definition) is 0. The van der Waals surface area contributed by atoms with Gasteiger partial charge in [0, 0.05) is 58.5 Å². The van der Waals surface area contributed by atoms with E-state index in [1.54, 1.807) is 11.3 Å². The zero-order valence-electron chi connectivity index (χ0n) is 37.8. The molecule has 7 heteroatoms. The maximum atomic E-state index is 5.54. The van der Waals surface area contributed by atoms with Crippen LogP contribution in [0.5, 0.6) is 0 Å². The van der Waals surface area contributed by atoms with E-state index in [2.05, 4.69) is 258 Å². The van der Waals surface area contributed by atoms with Crippen molar-refractivity contribution in [2.24, 2.45) is 0 Å². The number of nitrogens with zero attached hydrogens (tertiary/aromatic N) is 5. The van der Waals surface area contributed by atoms with E-state index in [4.69, 9.17) is 15.0 Å². The lowest BCUT2D eigenvalue weighted by Crippen LogP contribution is -2.74. The lowest BCUT2D eigenvalue weighted by atomic mass is 10.1. The first-order chi connectivity index (χ1) is 34.7. The van der Waals surface area contributed by atoms with E-state index in [-0.39, 0.29) is 0 Å². The van der Waals surface area contributed by atoms with Crippen LogP contribution in [-0.4, -0.2) is 32.2 Å². The fourth-order valence-electron chi connectivity index (χ4n) is 11.1. The lowest BCUT2D eigenvalue weighted by molar-refractivity contribution is 0.954. The predicted molar refractivity (Wildman–Crippen MR) is 296 cm³/mol. The minimum Gasteiger partial charge on any atom is -0.309 e. The van der Waals surface area contributed by atoms with E-state index < -0.39 is 8.07 Å². The molecule has 0 atom stereocenters. The molecule has 0 bridgehead atoms. The van der Waals surface area contributed by atoms with Crippen molar-refractivity contribution in [3.8, 4) is 34.4 Å². The Bertz CT molecular complexity index is 4160. The normalized spacial score (nSPS) is 12.0. The van der Waals surface area contributed by atoms with Crippen molar-refractivity contribution in [3.05, 3.63) is 249 Å². The van der Waals surface area contributed by atoms with E-state index in [0.717, 1.165) is 43.3 Å². The Labute approximate surface area is 408 Å². The van der Waals surface area contributed by atoms with Crippen LogP contribution in [0.25, 0.3) is 98.2 Å². The van der Waals surface area contributed by atoms with Gasteiger partial charge in [-0.05, 0) is 69.3 Å². The molecule has 0 saturated heterocycles. The van der Waals surface area contributed by atoms with Gasteiger partial charge in [-0.3, -0.25) is 4.57 Å². The zero-order chi connectivity index (χ0) is 46.2. The maximum Gasteiger partial charge on any atom is 0.238 e. The zero-order valence-corrected chi connectivity index (χ0v) is 39.6. The Morgan fingerprint density at radius 1 is 0.329 bits per heavy atom. The molecule has 14 rings (SSSR count). The second-order valence-electron chi connectivity index (χ2n) is 17.9. The van der Waals surface area contributed by atoms with E-state index in [0.29, 0.717) is 17.6 Å². The largest absolute Gasteiger partial charge is 0.309 e. The van der Waals surface area contributed by atoms with Crippen molar-refractivity contribution in [2.75, 3.05) is 0 Å². The highest BCUT2D eigenvalue weighted by molar-refractivity contribution is 7.26. The molecule has 328 valence electrons.